The second-order valence-electron chi connectivity index (χ2n) is 8.76. The number of halogens is 1. The molecular weight excluding hydrogens is 445 g/mol. The number of nitrogens with one attached hydrogen (secondary N) is 1. The van der Waals surface area contributed by atoms with Gasteiger partial charge in [0.15, 0.2) is 0 Å². The van der Waals surface area contributed by atoms with E-state index in [-0.39, 0.29) is 29.3 Å². The van der Waals surface area contributed by atoms with Gasteiger partial charge in [-0.15, -0.1) is 0 Å². The van der Waals surface area contributed by atoms with E-state index in [0.29, 0.717) is 11.4 Å². The van der Waals surface area contributed by atoms with Crippen LogP contribution in [0.15, 0.2) is 95.4 Å². The van der Waals surface area contributed by atoms with Gasteiger partial charge in [-0.05, 0) is 74.4 Å². The highest BCUT2D eigenvalue weighted by molar-refractivity contribution is 6.12. The SMILES string of the molecule is CC(C)N=C1C=C2C(C=C1Nc1ncccc1[N+](=O)[O-])Cc1ccccc1N2c1ccc(F)cc1. The van der Waals surface area contributed by atoms with Crippen LogP contribution in [0.1, 0.15) is 19.4 Å². The highest BCUT2D eigenvalue weighted by Gasteiger charge is 2.33. The predicted molar refractivity (Wildman–Crippen MR) is 135 cm³/mol. The standard InChI is InChI=1S/C27H24FN5O2/c1-17(2)30-23-16-26-19(15-22(23)31-27-25(33(34)35)8-5-13-29-27)14-18-6-3-4-7-24(18)32(26)21-11-9-20(28)10-12-21/h3-13,15-17,19H,14H2,1-2H3,(H,29,31). The third-order valence-corrected chi connectivity index (χ3v) is 5.96. The van der Waals surface area contributed by atoms with Crippen molar-refractivity contribution in [3.05, 3.63) is 112 Å². The fourth-order valence-electron chi connectivity index (χ4n) is 4.51. The Hall–Kier alpha value is -4.33. The Bertz CT molecular complexity index is 1380. The molecule has 3 aromatic rings. The average Bonchev–Trinajstić information content (AvgIpc) is 2.84. The molecule has 1 aliphatic heterocycles. The number of anilines is 3. The maximum absolute atomic E-state index is 13.7. The molecule has 176 valence electrons. The van der Waals surface area contributed by atoms with E-state index in [1.54, 1.807) is 18.2 Å². The molecule has 1 unspecified atom stereocenters. The number of hydrogen-bond acceptors (Lipinski definition) is 6. The van der Waals surface area contributed by atoms with Gasteiger partial charge in [-0.2, -0.15) is 0 Å². The minimum Gasteiger partial charge on any atom is -0.333 e. The Balaban J connectivity index is 1.63. The van der Waals surface area contributed by atoms with E-state index in [1.165, 1.54) is 24.4 Å². The number of aliphatic imine (C=N–C) groups is 1. The number of allylic oxidation sites excluding steroid dienone is 2. The monoisotopic (exact) mass is 469 g/mol. The van der Waals surface area contributed by atoms with E-state index in [0.717, 1.165) is 29.1 Å². The van der Waals surface area contributed by atoms with Crippen LogP contribution in [0.4, 0.5) is 27.3 Å². The third-order valence-electron chi connectivity index (χ3n) is 5.96. The summed E-state index contributed by atoms with van der Waals surface area (Å²) >= 11 is 0. The Labute approximate surface area is 202 Å². The number of aromatic nitrogens is 1. The number of nitrogens with zero attached hydrogens (tertiary/aromatic N) is 4. The fourth-order valence-corrected chi connectivity index (χ4v) is 4.51. The zero-order valence-corrected chi connectivity index (χ0v) is 19.4. The molecule has 0 fully saturated rings. The van der Waals surface area contributed by atoms with Gasteiger partial charge in [0.1, 0.15) is 5.82 Å². The van der Waals surface area contributed by atoms with E-state index < -0.39 is 4.92 Å². The number of nitro groups is 1. The van der Waals surface area contributed by atoms with Gasteiger partial charge in [0.25, 0.3) is 0 Å². The number of benzene rings is 2. The minimum absolute atomic E-state index is 0.00235. The number of para-hydroxylation sites is 1. The number of pyridine rings is 1. The Morgan fingerprint density at radius 1 is 1.14 bits per heavy atom. The van der Waals surface area contributed by atoms with Gasteiger partial charge in [0.2, 0.25) is 5.82 Å². The molecule has 8 heteroatoms. The molecule has 2 aromatic carbocycles. The van der Waals surface area contributed by atoms with Gasteiger partial charge in [-0.25, -0.2) is 9.37 Å². The third kappa shape index (κ3) is 4.42. The molecule has 1 aliphatic carbocycles. The second kappa shape index (κ2) is 9.13. The number of fused-ring (bicyclic) bond motifs is 2. The van der Waals surface area contributed by atoms with Gasteiger partial charge in [0, 0.05) is 41.3 Å². The smallest absolute Gasteiger partial charge is 0.311 e. The van der Waals surface area contributed by atoms with Crippen molar-refractivity contribution >= 4 is 28.6 Å². The lowest BCUT2D eigenvalue weighted by Gasteiger charge is -2.40. The molecule has 0 saturated carbocycles. The molecule has 7 nitrogen and oxygen atoms in total. The lowest BCUT2D eigenvalue weighted by Crippen LogP contribution is -2.33. The Morgan fingerprint density at radius 3 is 2.66 bits per heavy atom. The molecule has 1 N–H and O–H groups in total. The molecule has 2 aliphatic rings. The van der Waals surface area contributed by atoms with Crippen LogP contribution >= 0.6 is 0 Å². The molecule has 35 heavy (non-hydrogen) atoms. The van der Waals surface area contributed by atoms with Crippen molar-refractivity contribution in [3.63, 3.8) is 0 Å². The van der Waals surface area contributed by atoms with Gasteiger partial charge in [-0.1, -0.05) is 18.2 Å². The highest BCUT2D eigenvalue weighted by Crippen LogP contribution is 2.44. The van der Waals surface area contributed by atoms with Gasteiger partial charge in [0.05, 0.1) is 16.3 Å². The summed E-state index contributed by atoms with van der Waals surface area (Å²) in [5, 5.41) is 14.7. The van der Waals surface area contributed by atoms with E-state index in [9.17, 15) is 14.5 Å². The summed E-state index contributed by atoms with van der Waals surface area (Å²) in [5.74, 6) is -0.145. The van der Waals surface area contributed by atoms with Crippen LogP contribution in [0.3, 0.4) is 0 Å². The highest BCUT2D eigenvalue weighted by atomic mass is 19.1. The van der Waals surface area contributed by atoms with Crippen LogP contribution in [-0.4, -0.2) is 21.7 Å². The molecule has 5 rings (SSSR count). The Morgan fingerprint density at radius 2 is 1.91 bits per heavy atom. The van der Waals surface area contributed by atoms with Crippen LogP contribution in [-0.2, 0) is 6.42 Å². The zero-order chi connectivity index (χ0) is 24.5. The summed E-state index contributed by atoms with van der Waals surface area (Å²) in [5.41, 5.74) is 5.30. The zero-order valence-electron chi connectivity index (χ0n) is 19.4. The largest absolute Gasteiger partial charge is 0.333 e. The molecule has 1 atom stereocenters. The van der Waals surface area contributed by atoms with E-state index in [1.807, 2.05) is 32.1 Å². The molecule has 0 spiro atoms. The molecular formula is C27H24FN5O2. The van der Waals surface area contributed by atoms with Crippen molar-refractivity contribution in [2.75, 3.05) is 10.2 Å². The van der Waals surface area contributed by atoms with Crippen molar-refractivity contribution in [2.45, 2.75) is 26.3 Å². The molecule has 2 heterocycles. The lowest BCUT2D eigenvalue weighted by atomic mass is 9.84. The summed E-state index contributed by atoms with van der Waals surface area (Å²) in [6.45, 7) is 3.96. The van der Waals surface area contributed by atoms with E-state index in [4.69, 9.17) is 4.99 Å². The van der Waals surface area contributed by atoms with Gasteiger partial charge < -0.3 is 10.2 Å². The van der Waals surface area contributed by atoms with Gasteiger partial charge in [-0.3, -0.25) is 15.1 Å². The Kier molecular flexibility index (Phi) is 5.86. The predicted octanol–water partition coefficient (Wildman–Crippen LogP) is 6.18. The first kappa shape index (κ1) is 22.5. The maximum atomic E-state index is 13.7. The fraction of sp³-hybridized carbons (Fsp3) is 0.185. The summed E-state index contributed by atoms with van der Waals surface area (Å²) in [4.78, 5) is 22.2. The first-order valence-electron chi connectivity index (χ1n) is 11.4. The maximum Gasteiger partial charge on any atom is 0.311 e. The molecule has 0 bridgehead atoms. The van der Waals surface area contributed by atoms with Crippen molar-refractivity contribution in [3.8, 4) is 0 Å². The van der Waals surface area contributed by atoms with Crippen molar-refractivity contribution in [1.82, 2.24) is 4.98 Å². The van der Waals surface area contributed by atoms with Crippen molar-refractivity contribution in [1.29, 1.82) is 0 Å². The van der Waals surface area contributed by atoms with Gasteiger partial charge >= 0.3 is 5.69 Å². The molecule has 0 amide bonds. The van der Waals surface area contributed by atoms with Crippen LogP contribution in [0.5, 0.6) is 0 Å². The normalized spacial score (nSPS) is 18.0. The summed E-state index contributed by atoms with van der Waals surface area (Å²) in [6.07, 6.45) is 6.35. The van der Waals surface area contributed by atoms with E-state index >= 15 is 0 Å². The summed E-state index contributed by atoms with van der Waals surface area (Å²) in [7, 11) is 0. The summed E-state index contributed by atoms with van der Waals surface area (Å²) in [6, 6.07) is 17.5. The molecule has 1 aromatic heterocycles. The number of hydrogen-bond donors (Lipinski definition) is 1. The average molecular weight is 470 g/mol. The minimum atomic E-state index is -0.452. The van der Waals surface area contributed by atoms with Crippen LogP contribution in [0, 0.1) is 21.8 Å². The second-order valence-corrected chi connectivity index (χ2v) is 8.76. The van der Waals surface area contributed by atoms with Crippen LogP contribution < -0.4 is 10.2 Å². The van der Waals surface area contributed by atoms with Crippen LogP contribution in [0.2, 0.25) is 0 Å². The first-order valence-corrected chi connectivity index (χ1v) is 11.4. The molecule has 0 radical (unpaired) electrons. The number of rotatable bonds is 5. The molecule has 0 saturated heterocycles. The van der Waals surface area contributed by atoms with Crippen LogP contribution in [0.25, 0.3) is 0 Å². The summed E-state index contributed by atoms with van der Waals surface area (Å²) < 4.78 is 13.7. The first-order chi connectivity index (χ1) is 16.9. The van der Waals surface area contributed by atoms with E-state index in [2.05, 4.69) is 33.4 Å². The topological polar surface area (TPSA) is 83.7 Å². The quantitative estimate of drug-likeness (QED) is 0.356. The lowest BCUT2D eigenvalue weighted by molar-refractivity contribution is -0.384. The van der Waals surface area contributed by atoms with Crippen molar-refractivity contribution in [2.24, 2.45) is 10.9 Å². The van der Waals surface area contributed by atoms with Crippen molar-refractivity contribution < 1.29 is 9.31 Å².